The molecule has 5 nitrogen and oxygen atoms in total. The summed E-state index contributed by atoms with van der Waals surface area (Å²) in [7, 11) is 0. The Morgan fingerprint density at radius 3 is 2.72 bits per heavy atom. The maximum Gasteiger partial charge on any atom is 0.308 e. The van der Waals surface area contributed by atoms with Gasteiger partial charge in [-0.15, -0.1) is 11.3 Å². The van der Waals surface area contributed by atoms with Gasteiger partial charge in [0.2, 0.25) is 5.75 Å². The zero-order valence-electron chi connectivity index (χ0n) is 10.3. The molecule has 6 heteroatoms. The lowest BCUT2D eigenvalue weighted by Gasteiger charge is -2.14. The van der Waals surface area contributed by atoms with Crippen molar-refractivity contribution in [1.29, 1.82) is 0 Å². The second-order valence-corrected chi connectivity index (χ2v) is 5.07. The van der Waals surface area contributed by atoms with Crippen molar-refractivity contribution in [3.8, 4) is 11.5 Å². The fourth-order valence-corrected chi connectivity index (χ4v) is 2.83. The summed E-state index contributed by atoms with van der Waals surface area (Å²) in [6, 6.07) is 1.61. The fourth-order valence-electron chi connectivity index (χ4n) is 1.80. The first-order chi connectivity index (χ1) is 8.43. The number of hydrogen-bond donors (Lipinski definition) is 1. The standard InChI is InChI=1S/C12H13NO4S/c1-6(2)13-11(16)10(17-7(3)14)9(15)8-4-5-18-12(8)13/h4-6,15H,1-3H3. The topological polar surface area (TPSA) is 68.5 Å². The van der Waals surface area contributed by atoms with Gasteiger partial charge in [0.1, 0.15) is 4.83 Å². The third-order valence-electron chi connectivity index (χ3n) is 2.51. The number of aromatic nitrogens is 1. The molecular formula is C12H13NO4S. The average molecular weight is 267 g/mol. The molecular weight excluding hydrogens is 254 g/mol. The second kappa shape index (κ2) is 4.45. The van der Waals surface area contributed by atoms with Crippen LogP contribution in [-0.4, -0.2) is 15.6 Å². The van der Waals surface area contributed by atoms with Crippen molar-refractivity contribution in [3.05, 3.63) is 21.8 Å². The van der Waals surface area contributed by atoms with Gasteiger partial charge in [-0.05, 0) is 25.3 Å². The van der Waals surface area contributed by atoms with E-state index in [2.05, 4.69) is 0 Å². The van der Waals surface area contributed by atoms with Crippen LogP contribution in [0.15, 0.2) is 16.2 Å². The predicted molar refractivity (Wildman–Crippen MR) is 69.4 cm³/mol. The third kappa shape index (κ3) is 1.88. The molecule has 0 radical (unpaired) electrons. The summed E-state index contributed by atoms with van der Waals surface area (Å²) in [5.74, 6) is -1.21. The van der Waals surface area contributed by atoms with E-state index in [1.54, 1.807) is 11.4 Å². The maximum atomic E-state index is 12.2. The molecule has 1 N–H and O–H groups in total. The van der Waals surface area contributed by atoms with Gasteiger partial charge in [-0.2, -0.15) is 0 Å². The Morgan fingerprint density at radius 2 is 2.17 bits per heavy atom. The monoisotopic (exact) mass is 267 g/mol. The molecule has 0 saturated carbocycles. The van der Waals surface area contributed by atoms with Crippen LogP contribution in [0.25, 0.3) is 10.2 Å². The minimum atomic E-state index is -0.632. The molecule has 0 bridgehead atoms. The van der Waals surface area contributed by atoms with Crippen molar-refractivity contribution in [2.75, 3.05) is 0 Å². The molecule has 0 aliphatic rings. The summed E-state index contributed by atoms with van der Waals surface area (Å²) in [6.07, 6.45) is 0. The van der Waals surface area contributed by atoms with Gasteiger partial charge < -0.3 is 9.84 Å². The minimum absolute atomic E-state index is 0.0893. The van der Waals surface area contributed by atoms with E-state index in [0.717, 1.165) is 0 Å². The Bertz CT molecular complexity index is 669. The Balaban J connectivity index is 2.86. The second-order valence-electron chi connectivity index (χ2n) is 4.18. The van der Waals surface area contributed by atoms with Crippen LogP contribution in [0.5, 0.6) is 11.5 Å². The summed E-state index contributed by atoms with van der Waals surface area (Å²) in [5.41, 5.74) is -0.493. The number of carbonyl (C=O) groups excluding carboxylic acids is 1. The summed E-state index contributed by atoms with van der Waals surface area (Å²) >= 11 is 1.36. The quantitative estimate of drug-likeness (QED) is 0.847. The van der Waals surface area contributed by atoms with E-state index >= 15 is 0 Å². The molecule has 0 aliphatic heterocycles. The highest BCUT2D eigenvalue weighted by Crippen LogP contribution is 2.35. The predicted octanol–water partition coefficient (Wildman–Crippen LogP) is 2.27. The van der Waals surface area contributed by atoms with Crippen LogP contribution >= 0.6 is 11.3 Å². The molecule has 0 atom stereocenters. The number of esters is 1. The van der Waals surface area contributed by atoms with Gasteiger partial charge in [0.15, 0.2) is 5.75 Å². The molecule has 2 aromatic rings. The van der Waals surface area contributed by atoms with Crippen LogP contribution in [0, 0.1) is 0 Å². The number of rotatable bonds is 2. The first kappa shape index (κ1) is 12.6. The van der Waals surface area contributed by atoms with E-state index in [-0.39, 0.29) is 17.5 Å². The zero-order chi connectivity index (χ0) is 13.4. The molecule has 2 rings (SSSR count). The number of ether oxygens (including phenoxy) is 1. The largest absolute Gasteiger partial charge is 0.504 e. The number of thiophene rings is 1. The van der Waals surface area contributed by atoms with Crippen molar-refractivity contribution < 1.29 is 14.6 Å². The Labute approximate surface area is 107 Å². The molecule has 0 spiro atoms. The Hall–Kier alpha value is -1.82. The van der Waals surface area contributed by atoms with Gasteiger partial charge >= 0.3 is 5.97 Å². The number of nitrogens with zero attached hydrogens (tertiary/aromatic N) is 1. The average Bonchev–Trinajstić information content (AvgIpc) is 2.72. The first-order valence-corrected chi connectivity index (χ1v) is 6.34. The van der Waals surface area contributed by atoms with Crippen molar-refractivity contribution in [2.45, 2.75) is 26.8 Å². The van der Waals surface area contributed by atoms with Crippen molar-refractivity contribution in [2.24, 2.45) is 0 Å². The lowest BCUT2D eigenvalue weighted by Crippen LogP contribution is -2.24. The molecule has 0 fully saturated rings. The third-order valence-corrected chi connectivity index (χ3v) is 3.42. The lowest BCUT2D eigenvalue weighted by atomic mass is 10.2. The summed E-state index contributed by atoms with van der Waals surface area (Å²) in [4.78, 5) is 23.9. The van der Waals surface area contributed by atoms with Gasteiger partial charge in [-0.1, -0.05) is 0 Å². The van der Waals surface area contributed by atoms with E-state index < -0.39 is 11.5 Å². The maximum absolute atomic E-state index is 12.2. The number of hydrogen-bond acceptors (Lipinski definition) is 5. The normalized spacial score (nSPS) is 11.1. The molecule has 0 amide bonds. The Kier molecular flexibility index (Phi) is 3.13. The Morgan fingerprint density at radius 1 is 1.50 bits per heavy atom. The van der Waals surface area contributed by atoms with Crippen molar-refractivity contribution >= 4 is 27.5 Å². The van der Waals surface area contributed by atoms with E-state index in [1.165, 1.54) is 22.8 Å². The van der Waals surface area contributed by atoms with Gasteiger partial charge in [0, 0.05) is 13.0 Å². The SMILES string of the molecule is CC(=O)Oc1c(O)c2ccsc2n(C(C)C)c1=O. The minimum Gasteiger partial charge on any atom is -0.504 e. The number of fused-ring (bicyclic) bond motifs is 1. The highest BCUT2D eigenvalue weighted by molar-refractivity contribution is 7.16. The van der Waals surface area contributed by atoms with Gasteiger partial charge in [0.05, 0.1) is 5.39 Å². The summed E-state index contributed by atoms with van der Waals surface area (Å²) in [5, 5.41) is 12.3. The summed E-state index contributed by atoms with van der Waals surface area (Å²) in [6.45, 7) is 4.90. The summed E-state index contributed by atoms with van der Waals surface area (Å²) < 4.78 is 6.34. The molecule has 2 heterocycles. The van der Waals surface area contributed by atoms with Crippen LogP contribution in [-0.2, 0) is 4.79 Å². The van der Waals surface area contributed by atoms with E-state index in [4.69, 9.17) is 4.74 Å². The van der Waals surface area contributed by atoms with E-state index in [1.807, 2.05) is 13.8 Å². The van der Waals surface area contributed by atoms with E-state index in [9.17, 15) is 14.7 Å². The molecule has 0 aliphatic carbocycles. The number of aromatic hydroxyl groups is 1. The molecule has 0 saturated heterocycles. The van der Waals surface area contributed by atoms with Crippen LogP contribution in [0.1, 0.15) is 26.8 Å². The van der Waals surface area contributed by atoms with Gasteiger partial charge in [0.25, 0.3) is 5.56 Å². The molecule has 0 unspecified atom stereocenters. The highest BCUT2D eigenvalue weighted by Gasteiger charge is 2.21. The van der Waals surface area contributed by atoms with Gasteiger partial charge in [-0.25, -0.2) is 0 Å². The molecule has 0 aromatic carbocycles. The molecule has 96 valence electrons. The van der Waals surface area contributed by atoms with Crippen LogP contribution < -0.4 is 10.3 Å². The molecule has 2 aromatic heterocycles. The first-order valence-electron chi connectivity index (χ1n) is 5.46. The zero-order valence-corrected chi connectivity index (χ0v) is 11.1. The lowest BCUT2D eigenvalue weighted by molar-refractivity contribution is -0.132. The van der Waals surface area contributed by atoms with Crippen LogP contribution in [0.4, 0.5) is 0 Å². The smallest absolute Gasteiger partial charge is 0.308 e. The van der Waals surface area contributed by atoms with E-state index in [0.29, 0.717) is 10.2 Å². The van der Waals surface area contributed by atoms with Crippen molar-refractivity contribution in [1.82, 2.24) is 4.57 Å². The fraction of sp³-hybridized carbons (Fsp3) is 0.333. The van der Waals surface area contributed by atoms with Crippen molar-refractivity contribution in [3.63, 3.8) is 0 Å². The van der Waals surface area contributed by atoms with Gasteiger partial charge in [-0.3, -0.25) is 14.2 Å². The van der Waals surface area contributed by atoms with Crippen LogP contribution in [0.3, 0.4) is 0 Å². The van der Waals surface area contributed by atoms with Crippen LogP contribution in [0.2, 0.25) is 0 Å². The number of carbonyl (C=O) groups is 1. The highest BCUT2D eigenvalue weighted by atomic mass is 32.1. The number of pyridine rings is 1. The molecule has 18 heavy (non-hydrogen) atoms.